The highest BCUT2D eigenvalue weighted by Gasteiger charge is 2.34. The number of nitrogens with one attached hydrogen (secondary N) is 1. The number of halogens is 1. The van der Waals surface area contributed by atoms with Gasteiger partial charge in [-0.1, -0.05) is 35.9 Å². The Bertz CT molecular complexity index is 858. The van der Waals surface area contributed by atoms with E-state index < -0.39 is 9.84 Å². The average Bonchev–Trinajstić information content (AvgIpc) is 3.37. The van der Waals surface area contributed by atoms with Gasteiger partial charge in [0.05, 0.1) is 16.5 Å². The summed E-state index contributed by atoms with van der Waals surface area (Å²) in [5.41, 5.74) is 1.16. The lowest BCUT2D eigenvalue weighted by Gasteiger charge is -2.20. The number of amides is 1. The third-order valence-electron chi connectivity index (χ3n) is 4.14. The van der Waals surface area contributed by atoms with Gasteiger partial charge in [0.2, 0.25) is 0 Å². The van der Waals surface area contributed by atoms with Crippen molar-refractivity contribution in [1.29, 1.82) is 0 Å². The van der Waals surface area contributed by atoms with E-state index in [0.29, 0.717) is 10.9 Å². The molecule has 1 fully saturated rings. The van der Waals surface area contributed by atoms with Crippen LogP contribution in [0.2, 0.25) is 5.02 Å². The summed E-state index contributed by atoms with van der Waals surface area (Å²) in [7, 11) is -3.47. The third-order valence-corrected chi connectivity index (χ3v) is 5.55. The predicted octanol–water partition coefficient (Wildman–Crippen LogP) is 3.62. The molecule has 1 atom stereocenters. The van der Waals surface area contributed by atoms with Crippen LogP contribution >= 0.6 is 11.6 Å². The van der Waals surface area contributed by atoms with Gasteiger partial charge in [-0.3, -0.25) is 4.79 Å². The molecule has 0 unspecified atom stereocenters. The third kappa shape index (κ3) is 3.79. The largest absolute Gasteiger partial charge is 0.345 e. The van der Waals surface area contributed by atoms with Gasteiger partial charge >= 0.3 is 0 Å². The fraction of sp³-hybridized carbons (Fsp3) is 0.278. The van der Waals surface area contributed by atoms with Crippen LogP contribution in [0.5, 0.6) is 0 Å². The highest BCUT2D eigenvalue weighted by molar-refractivity contribution is 7.90. The lowest BCUT2D eigenvalue weighted by molar-refractivity contribution is 0.0928. The molecule has 0 bridgehead atoms. The van der Waals surface area contributed by atoms with Crippen molar-refractivity contribution < 1.29 is 13.2 Å². The Morgan fingerprint density at radius 1 is 1.12 bits per heavy atom. The summed E-state index contributed by atoms with van der Waals surface area (Å²) in [6.07, 6.45) is 3.19. The molecular formula is C18H18ClNO3S. The van der Waals surface area contributed by atoms with E-state index in [1.165, 1.54) is 12.1 Å². The zero-order chi connectivity index (χ0) is 17.3. The van der Waals surface area contributed by atoms with Gasteiger partial charge in [-0.25, -0.2) is 8.42 Å². The first-order valence-corrected chi connectivity index (χ1v) is 9.98. The molecule has 0 aliphatic heterocycles. The van der Waals surface area contributed by atoms with Crippen LogP contribution in [0.4, 0.5) is 0 Å². The van der Waals surface area contributed by atoms with Gasteiger partial charge in [-0.2, -0.15) is 0 Å². The lowest BCUT2D eigenvalue weighted by atomic mass is 10.0. The molecule has 3 rings (SSSR count). The zero-order valence-electron chi connectivity index (χ0n) is 13.2. The first kappa shape index (κ1) is 17.0. The zero-order valence-corrected chi connectivity index (χ0v) is 14.8. The molecule has 24 heavy (non-hydrogen) atoms. The summed E-state index contributed by atoms with van der Waals surface area (Å²) in [5.74, 6) is 0.00314. The SMILES string of the molecule is CS(=O)(=O)c1ccccc1C(=O)N[C@@H](c1ccc(Cl)cc1)C1CC1. The van der Waals surface area contributed by atoms with Gasteiger partial charge in [-0.05, 0) is 48.6 Å². The van der Waals surface area contributed by atoms with Crippen molar-refractivity contribution in [3.8, 4) is 0 Å². The Morgan fingerprint density at radius 3 is 2.33 bits per heavy atom. The van der Waals surface area contributed by atoms with Gasteiger partial charge in [0.25, 0.3) is 5.91 Å². The molecule has 1 amide bonds. The summed E-state index contributed by atoms with van der Waals surface area (Å²) < 4.78 is 23.8. The lowest BCUT2D eigenvalue weighted by Crippen LogP contribution is -2.30. The van der Waals surface area contributed by atoms with Crippen LogP contribution in [0.25, 0.3) is 0 Å². The molecule has 0 aromatic heterocycles. The Labute approximate surface area is 146 Å². The highest BCUT2D eigenvalue weighted by Crippen LogP contribution is 2.41. The number of sulfone groups is 1. The minimum Gasteiger partial charge on any atom is -0.345 e. The molecular weight excluding hydrogens is 346 g/mol. The van der Waals surface area contributed by atoms with Crippen LogP contribution in [0.3, 0.4) is 0 Å². The molecule has 126 valence electrons. The monoisotopic (exact) mass is 363 g/mol. The van der Waals surface area contributed by atoms with E-state index in [0.717, 1.165) is 24.7 Å². The molecule has 1 aliphatic carbocycles. The number of rotatable bonds is 5. The first-order valence-electron chi connectivity index (χ1n) is 7.71. The summed E-state index contributed by atoms with van der Waals surface area (Å²) in [5, 5.41) is 3.64. The fourth-order valence-electron chi connectivity index (χ4n) is 2.77. The molecule has 2 aromatic carbocycles. The Hall–Kier alpha value is -1.85. The van der Waals surface area contributed by atoms with Crippen molar-refractivity contribution in [2.24, 2.45) is 5.92 Å². The van der Waals surface area contributed by atoms with Gasteiger partial charge in [0.1, 0.15) is 0 Å². The van der Waals surface area contributed by atoms with E-state index in [-0.39, 0.29) is 22.4 Å². The smallest absolute Gasteiger partial charge is 0.253 e. The van der Waals surface area contributed by atoms with Crippen LogP contribution in [-0.4, -0.2) is 20.6 Å². The highest BCUT2D eigenvalue weighted by atomic mass is 35.5. The molecule has 1 saturated carbocycles. The summed E-state index contributed by atoms with van der Waals surface area (Å²) in [6, 6.07) is 13.5. The maximum atomic E-state index is 12.7. The molecule has 6 heteroatoms. The maximum Gasteiger partial charge on any atom is 0.253 e. The van der Waals surface area contributed by atoms with Crippen molar-refractivity contribution in [3.05, 3.63) is 64.7 Å². The predicted molar refractivity (Wildman–Crippen MR) is 93.9 cm³/mol. The molecule has 1 N–H and O–H groups in total. The summed E-state index contributed by atoms with van der Waals surface area (Å²) >= 11 is 5.93. The number of hydrogen-bond donors (Lipinski definition) is 1. The van der Waals surface area contributed by atoms with Crippen molar-refractivity contribution in [3.63, 3.8) is 0 Å². The topological polar surface area (TPSA) is 63.2 Å². The van der Waals surface area contributed by atoms with E-state index in [9.17, 15) is 13.2 Å². The van der Waals surface area contributed by atoms with Crippen molar-refractivity contribution in [2.75, 3.05) is 6.26 Å². The minimum atomic E-state index is -3.47. The van der Waals surface area contributed by atoms with Crippen LogP contribution in [0.1, 0.15) is 34.8 Å². The number of hydrogen-bond acceptors (Lipinski definition) is 3. The molecule has 0 spiro atoms. The van der Waals surface area contributed by atoms with Gasteiger partial charge in [-0.15, -0.1) is 0 Å². The van der Waals surface area contributed by atoms with Gasteiger partial charge in [0.15, 0.2) is 9.84 Å². The van der Waals surface area contributed by atoms with Crippen molar-refractivity contribution in [2.45, 2.75) is 23.8 Å². The van der Waals surface area contributed by atoms with Crippen LogP contribution in [0, 0.1) is 5.92 Å². The second kappa shape index (κ2) is 6.57. The molecule has 0 heterocycles. The fourth-order valence-corrected chi connectivity index (χ4v) is 3.78. The van der Waals surface area contributed by atoms with E-state index in [2.05, 4.69) is 5.32 Å². The molecule has 0 saturated heterocycles. The minimum absolute atomic E-state index is 0.0492. The molecule has 2 aromatic rings. The Kier molecular flexibility index (Phi) is 4.65. The quantitative estimate of drug-likeness (QED) is 0.882. The van der Waals surface area contributed by atoms with Crippen molar-refractivity contribution >= 4 is 27.3 Å². The number of benzene rings is 2. The van der Waals surface area contributed by atoms with Crippen LogP contribution in [-0.2, 0) is 9.84 Å². The number of carbonyl (C=O) groups excluding carboxylic acids is 1. The normalized spacial score (nSPS) is 15.8. The first-order chi connectivity index (χ1) is 11.4. The number of carbonyl (C=O) groups is 1. The summed E-state index contributed by atoms with van der Waals surface area (Å²) in [6.45, 7) is 0. The molecule has 4 nitrogen and oxygen atoms in total. The standard InChI is InChI=1S/C18H18ClNO3S/c1-24(22,23)16-5-3-2-4-15(16)18(21)20-17(12-6-7-12)13-8-10-14(19)11-9-13/h2-5,8-12,17H,6-7H2,1H3,(H,20,21)/t17-/m1/s1. The van der Waals surface area contributed by atoms with Gasteiger partial charge < -0.3 is 5.32 Å². The Morgan fingerprint density at radius 2 is 1.75 bits per heavy atom. The summed E-state index contributed by atoms with van der Waals surface area (Å²) in [4.78, 5) is 12.7. The van der Waals surface area contributed by atoms with Gasteiger partial charge in [0, 0.05) is 11.3 Å². The van der Waals surface area contributed by atoms with E-state index in [1.54, 1.807) is 24.3 Å². The second-order valence-corrected chi connectivity index (χ2v) is 8.53. The second-order valence-electron chi connectivity index (χ2n) is 6.11. The van der Waals surface area contributed by atoms with Crippen molar-refractivity contribution in [1.82, 2.24) is 5.32 Å². The van der Waals surface area contributed by atoms with Crippen LogP contribution < -0.4 is 5.32 Å². The van der Waals surface area contributed by atoms with Crippen LogP contribution in [0.15, 0.2) is 53.4 Å². The van der Waals surface area contributed by atoms with E-state index in [4.69, 9.17) is 11.6 Å². The average molecular weight is 364 g/mol. The van der Waals surface area contributed by atoms with E-state index in [1.807, 2.05) is 12.1 Å². The maximum absolute atomic E-state index is 12.7. The molecule has 0 radical (unpaired) electrons. The molecule has 1 aliphatic rings. The Balaban J connectivity index is 1.89. The van der Waals surface area contributed by atoms with E-state index >= 15 is 0 Å².